The van der Waals surface area contributed by atoms with Crippen molar-refractivity contribution in [2.45, 2.75) is 9.92 Å². The Hall–Kier alpha value is -1.32. The molecule has 0 fully saturated rings. The molecule has 0 unspecified atom stereocenters. The molecule has 1 aromatic heterocycles. The molecule has 0 aliphatic rings. The van der Waals surface area contributed by atoms with Crippen LogP contribution in [0.15, 0.2) is 64.6 Å². The van der Waals surface area contributed by atoms with Crippen LogP contribution >= 0.6 is 11.8 Å². The molecule has 0 saturated carbocycles. The van der Waals surface area contributed by atoms with Gasteiger partial charge in [-0.05, 0) is 24.3 Å². The molecule has 2 nitrogen and oxygen atoms in total. The monoisotopic (exact) mass is 219 g/mol. The standard InChI is InChI=1S/C11H9NS.CH4O/c1-2-6-10(7-3-1)13-11-8-4-5-9-12-11;1-2/h1-9H;2H,1H3. The van der Waals surface area contributed by atoms with Crippen LogP contribution in [0.3, 0.4) is 0 Å². The number of rotatable bonds is 2. The third-order valence-corrected chi connectivity index (χ3v) is 2.56. The number of aromatic nitrogens is 1. The zero-order valence-corrected chi connectivity index (χ0v) is 9.32. The lowest BCUT2D eigenvalue weighted by atomic mass is 10.4. The third-order valence-electron chi connectivity index (χ3n) is 1.60. The fraction of sp³-hybridized carbons (Fsp3) is 0.0833. The molecule has 0 spiro atoms. The molecule has 0 aliphatic carbocycles. The fourth-order valence-corrected chi connectivity index (χ4v) is 1.81. The Morgan fingerprint density at radius 1 is 0.933 bits per heavy atom. The molecule has 0 atom stereocenters. The fourth-order valence-electron chi connectivity index (χ4n) is 1.02. The van der Waals surface area contributed by atoms with Crippen molar-refractivity contribution in [3.8, 4) is 0 Å². The van der Waals surface area contributed by atoms with Crippen molar-refractivity contribution in [1.29, 1.82) is 0 Å². The Labute approximate surface area is 94.0 Å². The number of hydrogen-bond acceptors (Lipinski definition) is 3. The lowest BCUT2D eigenvalue weighted by molar-refractivity contribution is 0.399. The van der Waals surface area contributed by atoms with Gasteiger partial charge >= 0.3 is 0 Å². The maximum absolute atomic E-state index is 7.00. The quantitative estimate of drug-likeness (QED) is 0.843. The van der Waals surface area contributed by atoms with Gasteiger partial charge in [-0.1, -0.05) is 36.0 Å². The van der Waals surface area contributed by atoms with Crippen LogP contribution in [0.2, 0.25) is 0 Å². The van der Waals surface area contributed by atoms with Gasteiger partial charge in [0.05, 0.1) is 0 Å². The smallest absolute Gasteiger partial charge is 0.101 e. The average molecular weight is 219 g/mol. The highest BCUT2D eigenvalue weighted by Gasteiger charge is 1.94. The number of aliphatic hydroxyl groups excluding tert-OH is 1. The van der Waals surface area contributed by atoms with Crippen LogP contribution in [0, 0.1) is 0 Å². The van der Waals surface area contributed by atoms with Crippen LogP contribution < -0.4 is 0 Å². The summed E-state index contributed by atoms with van der Waals surface area (Å²) >= 11 is 1.68. The number of hydrogen-bond donors (Lipinski definition) is 1. The highest BCUT2D eigenvalue weighted by molar-refractivity contribution is 7.99. The molecule has 0 saturated heterocycles. The van der Waals surface area contributed by atoms with Crippen molar-refractivity contribution in [3.05, 3.63) is 54.7 Å². The first-order valence-electron chi connectivity index (χ1n) is 4.54. The van der Waals surface area contributed by atoms with E-state index in [1.54, 1.807) is 11.8 Å². The van der Waals surface area contributed by atoms with E-state index >= 15 is 0 Å². The minimum Gasteiger partial charge on any atom is -0.400 e. The summed E-state index contributed by atoms with van der Waals surface area (Å²) in [5.41, 5.74) is 0. The first kappa shape index (κ1) is 11.8. The van der Waals surface area contributed by atoms with Gasteiger partial charge in [-0.2, -0.15) is 0 Å². The van der Waals surface area contributed by atoms with Gasteiger partial charge in [-0.15, -0.1) is 0 Å². The SMILES string of the molecule is CO.c1ccc(Sc2ccccn2)cc1. The molecule has 15 heavy (non-hydrogen) atoms. The molecule has 1 aromatic carbocycles. The first-order valence-corrected chi connectivity index (χ1v) is 5.35. The van der Waals surface area contributed by atoms with Gasteiger partial charge in [-0.25, -0.2) is 4.98 Å². The first-order chi connectivity index (χ1) is 7.45. The Morgan fingerprint density at radius 2 is 1.60 bits per heavy atom. The van der Waals surface area contributed by atoms with Crippen molar-refractivity contribution in [3.63, 3.8) is 0 Å². The van der Waals surface area contributed by atoms with Crippen molar-refractivity contribution >= 4 is 11.8 Å². The Kier molecular flexibility index (Phi) is 5.51. The average Bonchev–Trinajstić information content (AvgIpc) is 2.34. The maximum atomic E-state index is 7.00. The predicted molar refractivity (Wildman–Crippen MR) is 62.9 cm³/mol. The molecular formula is C12H13NOS. The van der Waals surface area contributed by atoms with Gasteiger partial charge in [-0.3, -0.25) is 0 Å². The van der Waals surface area contributed by atoms with E-state index in [0.29, 0.717) is 0 Å². The van der Waals surface area contributed by atoms with Crippen LogP contribution in [0.5, 0.6) is 0 Å². The van der Waals surface area contributed by atoms with E-state index in [-0.39, 0.29) is 0 Å². The van der Waals surface area contributed by atoms with E-state index in [1.807, 2.05) is 42.6 Å². The molecule has 78 valence electrons. The summed E-state index contributed by atoms with van der Waals surface area (Å²) in [6, 6.07) is 16.2. The summed E-state index contributed by atoms with van der Waals surface area (Å²) in [7, 11) is 1.00. The van der Waals surface area contributed by atoms with E-state index in [2.05, 4.69) is 17.1 Å². The number of benzene rings is 1. The second-order valence-corrected chi connectivity index (χ2v) is 3.68. The van der Waals surface area contributed by atoms with Gasteiger partial charge in [0.2, 0.25) is 0 Å². The molecule has 3 heteroatoms. The van der Waals surface area contributed by atoms with Gasteiger partial charge < -0.3 is 5.11 Å². The summed E-state index contributed by atoms with van der Waals surface area (Å²) in [4.78, 5) is 5.46. The zero-order valence-electron chi connectivity index (χ0n) is 8.50. The van der Waals surface area contributed by atoms with E-state index in [0.717, 1.165) is 12.1 Å². The van der Waals surface area contributed by atoms with Crippen molar-refractivity contribution in [2.75, 3.05) is 7.11 Å². The molecule has 0 amide bonds. The van der Waals surface area contributed by atoms with Crippen molar-refractivity contribution in [1.82, 2.24) is 4.98 Å². The van der Waals surface area contributed by atoms with Gasteiger partial charge in [0.1, 0.15) is 5.03 Å². The lowest BCUT2D eigenvalue weighted by Gasteiger charge is -1.98. The predicted octanol–water partition coefficient (Wildman–Crippen LogP) is 2.84. The topological polar surface area (TPSA) is 33.1 Å². The molecule has 2 aromatic rings. The van der Waals surface area contributed by atoms with Gasteiger partial charge in [0, 0.05) is 18.2 Å². The van der Waals surface area contributed by atoms with Crippen LogP contribution in [0.1, 0.15) is 0 Å². The molecule has 0 bridgehead atoms. The van der Waals surface area contributed by atoms with E-state index in [1.165, 1.54) is 4.90 Å². The Balaban J connectivity index is 0.000000531. The Morgan fingerprint density at radius 3 is 2.20 bits per heavy atom. The summed E-state index contributed by atoms with van der Waals surface area (Å²) in [6.07, 6.45) is 1.81. The molecule has 1 heterocycles. The van der Waals surface area contributed by atoms with E-state index < -0.39 is 0 Å². The second kappa shape index (κ2) is 7.04. The summed E-state index contributed by atoms with van der Waals surface area (Å²) in [5, 5.41) is 8.04. The number of nitrogens with zero attached hydrogens (tertiary/aromatic N) is 1. The number of pyridine rings is 1. The minimum absolute atomic E-state index is 1.00. The van der Waals surface area contributed by atoms with Crippen LogP contribution in [-0.4, -0.2) is 17.2 Å². The van der Waals surface area contributed by atoms with Gasteiger partial charge in [0.15, 0.2) is 0 Å². The molecule has 2 rings (SSSR count). The molecule has 0 radical (unpaired) electrons. The lowest BCUT2D eigenvalue weighted by Crippen LogP contribution is -1.76. The largest absolute Gasteiger partial charge is 0.400 e. The molecule has 0 aliphatic heterocycles. The molecule has 1 N–H and O–H groups in total. The Bertz CT molecular complexity index is 326. The van der Waals surface area contributed by atoms with Crippen LogP contribution in [-0.2, 0) is 0 Å². The zero-order chi connectivity index (χ0) is 10.9. The third kappa shape index (κ3) is 4.14. The second-order valence-electron chi connectivity index (χ2n) is 2.58. The van der Waals surface area contributed by atoms with E-state index in [9.17, 15) is 0 Å². The highest BCUT2D eigenvalue weighted by atomic mass is 32.2. The van der Waals surface area contributed by atoms with Crippen molar-refractivity contribution < 1.29 is 5.11 Å². The van der Waals surface area contributed by atoms with Crippen LogP contribution in [0.4, 0.5) is 0 Å². The van der Waals surface area contributed by atoms with Crippen LogP contribution in [0.25, 0.3) is 0 Å². The highest BCUT2D eigenvalue weighted by Crippen LogP contribution is 2.24. The maximum Gasteiger partial charge on any atom is 0.101 e. The van der Waals surface area contributed by atoms with Crippen molar-refractivity contribution in [2.24, 2.45) is 0 Å². The van der Waals surface area contributed by atoms with Gasteiger partial charge in [0.25, 0.3) is 0 Å². The van der Waals surface area contributed by atoms with E-state index in [4.69, 9.17) is 5.11 Å². The minimum atomic E-state index is 1.00. The summed E-state index contributed by atoms with van der Waals surface area (Å²) < 4.78 is 0. The summed E-state index contributed by atoms with van der Waals surface area (Å²) in [6.45, 7) is 0. The normalized spacial score (nSPS) is 8.93. The summed E-state index contributed by atoms with van der Waals surface area (Å²) in [5.74, 6) is 0. The number of aliphatic hydroxyl groups is 1. The molecular weight excluding hydrogens is 206 g/mol.